The zero-order chi connectivity index (χ0) is 24.4. The lowest BCUT2D eigenvalue weighted by molar-refractivity contribution is -0.117. The molecule has 0 spiro atoms. The van der Waals surface area contributed by atoms with Crippen LogP contribution in [0.1, 0.15) is 33.6 Å². The summed E-state index contributed by atoms with van der Waals surface area (Å²) in [6, 6.07) is 9.65. The van der Waals surface area contributed by atoms with E-state index in [9.17, 15) is 4.79 Å². The second-order valence-electron chi connectivity index (χ2n) is 8.91. The number of para-hydroxylation sites is 1. The van der Waals surface area contributed by atoms with Crippen LogP contribution in [0.15, 0.2) is 65.8 Å². The molecule has 1 aromatic rings. The van der Waals surface area contributed by atoms with E-state index in [0.717, 1.165) is 5.69 Å². The second-order valence-corrected chi connectivity index (χ2v) is 9.32. The first kappa shape index (κ1) is 26.3. The number of rotatable bonds is 9. The summed E-state index contributed by atoms with van der Waals surface area (Å²) in [4.78, 5) is 12.7. The minimum Gasteiger partial charge on any atom is -0.497 e. The van der Waals surface area contributed by atoms with E-state index >= 15 is 0 Å². The van der Waals surface area contributed by atoms with Gasteiger partial charge in [0.15, 0.2) is 16.6 Å². The number of amides is 1. The van der Waals surface area contributed by atoms with Gasteiger partial charge in [-0.1, -0.05) is 45.0 Å². The lowest BCUT2D eigenvalue weighted by atomic mass is 9.90. The highest BCUT2D eigenvalue weighted by molar-refractivity contribution is 7.80. The smallest absolute Gasteiger partial charge is 0.245 e. The maximum Gasteiger partial charge on any atom is 0.245 e. The fourth-order valence-corrected chi connectivity index (χ4v) is 3.74. The van der Waals surface area contributed by atoms with Gasteiger partial charge < -0.3 is 30.2 Å². The van der Waals surface area contributed by atoms with Crippen LogP contribution in [0.25, 0.3) is 0 Å². The number of carbonyl (C=O) groups excluding carboxylic acids is 1. The van der Waals surface area contributed by atoms with E-state index < -0.39 is 0 Å². The Morgan fingerprint density at radius 3 is 2.39 bits per heavy atom. The van der Waals surface area contributed by atoms with Crippen molar-refractivity contribution >= 4 is 28.9 Å². The van der Waals surface area contributed by atoms with Crippen LogP contribution < -0.4 is 16.0 Å². The molecule has 0 aromatic heterocycles. The molecule has 3 N–H and O–H groups in total. The number of thiocarbonyl (C=S) groups is 1. The van der Waals surface area contributed by atoms with Crippen LogP contribution in [0, 0.1) is 11.3 Å². The maximum atomic E-state index is 12.7. The number of nitrogens with one attached hydrogen (secondary N) is 3. The molecule has 0 fully saturated rings. The van der Waals surface area contributed by atoms with Crippen LogP contribution in [0.2, 0.25) is 0 Å². The molecule has 2 rings (SSSR count). The Labute approximate surface area is 202 Å². The lowest BCUT2D eigenvalue weighted by Gasteiger charge is -2.28. The Balaban J connectivity index is 2.03. The van der Waals surface area contributed by atoms with E-state index in [1.807, 2.05) is 42.5 Å². The average Bonchev–Trinajstić information content (AvgIpc) is 2.76. The molecule has 1 amide bonds. The van der Waals surface area contributed by atoms with Gasteiger partial charge in [0.2, 0.25) is 5.91 Å². The Bertz CT molecular complexity index is 904. The standard InChI is InChI=1S/C25H35N3O4S/c1-25(2,3)16-21(28-24(33)26-18-10-8-7-9-11-18)27-22(29)13-12-17-14-19(30-4)23(32-6)20(15-17)31-5/h7-14,17,21H,15-16H2,1-6H3,(H,27,29)(H2,26,28,33)/b13-12+. The normalized spacial score (nSPS) is 17.2. The molecule has 2 unspecified atom stereocenters. The predicted molar refractivity (Wildman–Crippen MR) is 135 cm³/mol. The van der Waals surface area contributed by atoms with Crippen molar-refractivity contribution in [2.24, 2.45) is 11.3 Å². The molecule has 0 saturated heterocycles. The number of anilines is 1. The fraction of sp³-hybridized carbons (Fsp3) is 0.440. The number of hydrogen-bond donors (Lipinski definition) is 3. The minimum atomic E-state index is -0.336. The SMILES string of the molecule is COC1=CC(/C=C/C(=O)NC(CC(C)(C)C)NC(=S)Nc2ccccc2)CC(OC)=C1OC. The van der Waals surface area contributed by atoms with Gasteiger partial charge in [-0.2, -0.15) is 0 Å². The van der Waals surface area contributed by atoms with Crippen molar-refractivity contribution in [2.75, 3.05) is 26.6 Å². The molecule has 0 aliphatic heterocycles. The summed E-state index contributed by atoms with van der Waals surface area (Å²) >= 11 is 5.45. The van der Waals surface area contributed by atoms with Gasteiger partial charge in [-0.3, -0.25) is 4.79 Å². The first-order valence-corrected chi connectivity index (χ1v) is 11.2. The van der Waals surface area contributed by atoms with Crippen molar-refractivity contribution in [1.29, 1.82) is 0 Å². The van der Waals surface area contributed by atoms with Crippen molar-refractivity contribution < 1.29 is 19.0 Å². The highest BCUT2D eigenvalue weighted by Gasteiger charge is 2.24. The summed E-state index contributed by atoms with van der Waals surface area (Å²) in [5, 5.41) is 9.82. The third-order valence-electron chi connectivity index (χ3n) is 4.90. The fourth-order valence-electron chi connectivity index (χ4n) is 3.48. The van der Waals surface area contributed by atoms with Gasteiger partial charge >= 0.3 is 0 Å². The van der Waals surface area contributed by atoms with Gasteiger partial charge in [-0.25, -0.2) is 0 Å². The van der Waals surface area contributed by atoms with Gasteiger partial charge in [0.05, 0.1) is 21.3 Å². The Morgan fingerprint density at radius 2 is 1.82 bits per heavy atom. The molecular formula is C25H35N3O4S. The number of ether oxygens (including phenoxy) is 3. The third-order valence-corrected chi connectivity index (χ3v) is 5.12. The zero-order valence-electron chi connectivity index (χ0n) is 20.2. The molecule has 1 aliphatic rings. The number of allylic oxidation sites excluding steroid dienone is 3. The third kappa shape index (κ3) is 8.81. The number of hydrogen-bond acceptors (Lipinski definition) is 5. The van der Waals surface area contributed by atoms with E-state index in [4.69, 9.17) is 26.4 Å². The highest BCUT2D eigenvalue weighted by Crippen LogP contribution is 2.31. The quantitative estimate of drug-likeness (QED) is 0.277. The Kier molecular flexibility index (Phi) is 9.78. The summed E-state index contributed by atoms with van der Waals surface area (Å²) in [6.07, 6.45) is 6.20. The summed E-state index contributed by atoms with van der Waals surface area (Å²) in [6.45, 7) is 6.34. The van der Waals surface area contributed by atoms with Crippen LogP contribution in [0.5, 0.6) is 0 Å². The maximum absolute atomic E-state index is 12.7. The molecule has 8 heteroatoms. The van der Waals surface area contributed by atoms with Crippen molar-refractivity contribution in [1.82, 2.24) is 10.6 Å². The van der Waals surface area contributed by atoms with Gasteiger partial charge in [0.25, 0.3) is 0 Å². The van der Waals surface area contributed by atoms with Crippen LogP contribution in [0.3, 0.4) is 0 Å². The first-order valence-electron chi connectivity index (χ1n) is 10.8. The summed E-state index contributed by atoms with van der Waals surface area (Å²) in [5.74, 6) is 1.56. The van der Waals surface area contributed by atoms with E-state index in [2.05, 4.69) is 36.7 Å². The largest absolute Gasteiger partial charge is 0.497 e. The molecule has 0 bridgehead atoms. The average molecular weight is 474 g/mol. The molecule has 1 aromatic carbocycles. The molecule has 180 valence electrons. The van der Waals surface area contributed by atoms with Crippen LogP contribution in [-0.2, 0) is 19.0 Å². The lowest BCUT2D eigenvalue weighted by Crippen LogP contribution is -2.50. The second kappa shape index (κ2) is 12.3. The van der Waals surface area contributed by atoms with Gasteiger partial charge in [0.1, 0.15) is 11.9 Å². The van der Waals surface area contributed by atoms with E-state index in [1.54, 1.807) is 21.3 Å². The van der Waals surface area contributed by atoms with Crippen LogP contribution >= 0.6 is 12.2 Å². The van der Waals surface area contributed by atoms with Gasteiger partial charge in [0, 0.05) is 18.0 Å². The molecule has 33 heavy (non-hydrogen) atoms. The molecule has 7 nitrogen and oxygen atoms in total. The van der Waals surface area contributed by atoms with E-state index in [-0.39, 0.29) is 23.4 Å². The van der Waals surface area contributed by atoms with Crippen molar-refractivity contribution in [3.05, 3.63) is 65.8 Å². The van der Waals surface area contributed by atoms with Gasteiger partial charge in [-0.05, 0) is 48.3 Å². The van der Waals surface area contributed by atoms with Crippen molar-refractivity contribution in [2.45, 2.75) is 39.8 Å². The first-order chi connectivity index (χ1) is 15.6. The Hall–Kier alpha value is -3.00. The van der Waals surface area contributed by atoms with Gasteiger partial charge in [-0.15, -0.1) is 0 Å². The summed E-state index contributed by atoms with van der Waals surface area (Å²) < 4.78 is 16.2. The molecule has 0 saturated carbocycles. The number of carbonyl (C=O) groups is 1. The Morgan fingerprint density at radius 1 is 1.12 bits per heavy atom. The van der Waals surface area contributed by atoms with Crippen molar-refractivity contribution in [3.8, 4) is 0 Å². The van der Waals surface area contributed by atoms with E-state index in [1.165, 1.54) is 6.08 Å². The molecular weight excluding hydrogens is 438 g/mol. The molecule has 1 aliphatic carbocycles. The monoisotopic (exact) mass is 473 g/mol. The minimum absolute atomic E-state index is 0.0226. The number of benzene rings is 1. The predicted octanol–water partition coefficient (Wildman–Crippen LogP) is 4.46. The molecule has 2 atom stereocenters. The summed E-state index contributed by atoms with van der Waals surface area (Å²) in [5.41, 5.74) is 0.858. The van der Waals surface area contributed by atoms with Crippen molar-refractivity contribution in [3.63, 3.8) is 0 Å². The molecule has 0 heterocycles. The number of methoxy groups -OCH3 is 3. The topological polar surface area (TPSA) is 80.9 Å². The van der Waals surface area contributed by atoms with Crippen LogP contribution in [0.4, 0.5) is 5.69 Å². The zero-order valence-corrected chi connectivity index (χ0v) is 21.0. The summed E-state index contributed by atoms with van der Waals surface area (Å²) in [7, 11) is 4.74. The van der Waals surface area contributed by atoms with Crippen LogP contribution in [-0.4, -0.2) is 38.5 Å². The highest BCUT2D eigenvalue weighted by atomic mass is 32.1. The molecule has 0 radical (unpaired) electrons. The van der Waals surface area contributed by atoms with E-state index in [0.29, 0.717) is 35.2 Å².